The highest BCUT2D eigenvalue weighted by Crippen LogP contribution is 2.18. The van der Waals surface area contributed by atoms with Crippen LogP contribution in [0.3, 0.4) is 0 Å². The van der Waals surface area contributed by atoms with Gasteiger partial charge in [-0.3, -0.25) is 14.5 Å². The van der Waals surface area contributed by atoms with E-state index in [1.807, 2.05) is 0 Å². The summed E-state index contributed by atoms with van der Waals surface area (Å²) >= 11 is 0. The molecule has 1 aromatic carbocycles. The van der Waals surface area contributed by atoms with E-state index in [-0.39, 0.29) is 10.5 Å². The van der Waals surface area contributed by atoms with Crippen molar-refractivity contribution in [2.45, 2.75) is 11.8 Å². The molecule has 7 heteroatoms. The number of sulfonamides is 1. The Labute approximate surface area is 116 Å². The van der Waals surface area contributed by atoms with Gasteiger partial charge in [-0.1, -0.05) is 6.07 Å². The van der Waals surface area contributed by atoms with Gasteiger partial charge in [0, 0.05) is 11.8 Å². The third-order valence-corrected chi connectivity index (χ3v) is 4.08. The van der Waals surface area contributed by atoms with Gasteiger partial charge in [-0.15, -0.1) is 0 Å². The summed E-state index contributed by atoms with van der Waals surface area (Å²) in [5.74, 6) is -0.666. The number of aryl methyl sites for hydroxylation is 1. The van der Waals surface area contributed by atoms with Crippen LogP contribution in [0.1, 0.15) is 15.9 Å². The zero-order chi connectivity index (χ0) is 14.8. The standard InChI is InChI=1S/C13H13N3O3S/c1-9-4-5-11(7-12(9)13(14)17)20(18,19)16-10-3-2-6-15-8-10/h2-8,16H,1H3,(H2,14,17). The van der Waals surface area contributed by atoms with Gasteiger partial charge in [-0.25, -0.2) is 8.42 Å². The Morgan fingerprint density at radius 2 is 2.05 bits per heavy atom. The lowest BCUT2D eigenvalue weighted by molar-refractivity contribution is 0.0999. The molecule has 3 N–H and O–H groups in total. The molecular weight excluding hydrogens is 278 g/mol. The number of primary amides is 1. The van der Waals surface area contributed by atoms with E-state index >= 15 is 0 Å². The zero-order valence-electron chi connectivity index (χ0n) is 10.7. The first-order valence-corrected chi connectivity index (χ1v) is 7.22. The summed E-state index contributed by atoms with van der Waals surface area (Å²) in [6, 6.07) is 7.41. The van der Waals surface area contributed by atoms with Gasteiger partial charge in [-0.05, 0) is 36.8 Å². The van der Waals surface area contributed by atoms with E-state index in [4.69, 9.17) is 5.73 Å². The number of aromatic nitrogens is 1. The van der Waals surface area contributed by atoms with E-state index in [9.17, 15) is 13.2 Å². The fourth-order valence-corrected chi connectivity index (χ4v) is 2.74. The number of nitrogens with one attached hydrogen (secondary N) is 1. The molecular formula is C13H13N3O3S. The molecule has 0 aliphatic rings. The molecule has 0 saturated heterocycles. The van der Waals surface area contributed by atoms with Crippen molar-refractivity contribution in [3.63, 3.8) is 0 Å². The molecule has 0 saturated carbocycles. The van der Waals surface area contributed by atoms with E-state index in [1.54, 1.807) is 19.1 Å². The van der Waals surface area contributed by atoms with Crippen LogP contribution in [0.15, 0.2) is 47.6 Å². The highest BCUT2D eigenvalue weighted by atomic mass is 32.2. The van der Waals surface area contributed by atoms with Gasteiger partial charge in [0.15, 0.2) is 0 Å². The molecule has 0 unspecified atom stereocenters. The van der Waals surface area contributed by atoms with Crippen LogP contribution < -0.4 is 10.5 Å². The van der Waals surface area contributed by atoms with E-state index in [2.05, 4.69) is 9.71 Å². The lowest BCUT2D eigenvalue weighted by atomic mass is 10.1. The number of anilines is 1. The summed E-state index contributed by atoms with van der Waals surface area (Å²) in [4.78, 5) is 15.1. The predicted octanol–water partition coefficient (Wildman–Crippen LogP) is 1.29. The fourth-order valence-electron chi connectivity index (χ4n) is 1.67. The summed E-state index contributed by atoms with van der Waals surface area (Å²) in [5, 5.41) is 0. The molecule has 20 heavy (non-hydrogen) atoms. The monoisotopic (exact) mass is 291 g/mol. The summed E-state index contributed by atoms with van der Waals surface area (Å²) in [6.45, 7) is 1.69. The van der Waals surface area contributed by atoms with Crippen molar-refractivity contribution in [2.75, 3.05) is 4.72 Å². The number of carbonyl (C=O) groups is 1. The Kier molecular flexibility index (Phi) is 3.71. The first kappa shape index (κ1) is 14.0. The highest BCUT2D eigenvalue weighted by molar-refractivity contribution is 7.92. The summed E-state index contributed by atoms with van der Waals surface area (Å²) in [5.41, 5.74) is 6.36. The number of hydrogen-bond donors (Lipinski definition) is 2. The van der Waals surface area contributed by atoms with Crippen LogP contribution in [-0.2, 0) is 10.0 Å². The van der Waals surface area contributed by atoms with Crippen LogP contribution in [0.5, 0.6) is 0 Å². The van der Waals surface area contributed by atoms with Crippen LogP contribution in [0.2, 0.25) is 0 Å². The van der Waals surface area contributed by atoms with Gasteiger partial charge in [-0.2, -0.15) is 0 Å². The van der Waals surface area contributed by atoms with Gasteiger partial charge in [0.05, 0.1) is 16.8 Å². The number of pyridine rings is 1. The van der Waals surface area contributed by atoms with Crippen LogP contribution in [-0.4, -0.2) is 19.3 Å². The second-order valence-corrected chi connectivity index (χ2v) is 5.87. The molecule has 2 rings (SSSR count). The van der Waals surface area contributed by atoms with Gasteiger partial charge >= 0.3 is 0 Å². The maximum atomic E-state index is 12.2. The molecule has 0 spiro atoms. The Morgan fingerprint density at radius 3 is 2.65 bits per heavy atom. The maximum Gasteiger partial charge on any atom is 0.261 e. The van der Waals surface area contributed by atoms with Crippen molar-refractivity contribution in [1.82, 2.24) is 4.98 Å². The number of nitrogens with two attached hydrogens (primary N) is 1. The highest BCUT2D eigenvalue weighted by Gasteiger charge is 2.17. The van der Waals surface area contributed by atoms with E-state index in [1.165, 1.54) is 30.6 Å². The Hall–Kier alpha value is -2.41. The minimum Gasteiger partial charge on any atom is -0.366 e. The quantitative estimate of drug-likeness (QED) is 0.886. The minimum absolute atomic E-state index is 0.0271. The topological polar surface area (TPSA) is 102 Å². The van der Waals surface area contributed by atoms with Gasteiger partial charge in [0.2, 0.25) is 5.91 Å². The number of hydrogen-bond acceptors (Lipinski definition) is 4. The molecule has 1 aromatic heterocycles. The van der Waals surface area contributed by atoms with Gasteiger partial charge < -0.3 is 5.73 Å². The number of rotatable bonds is 4. The number of carbonyl (C=O) groups excluding carboxylic acids is 1. The third-order valence-electron chi connectivity index (χ3n) is 2.70. The van der Waals surface area contributed by atoms with Crippen molar-refractivity contribution in [3.05, 3.63) is 53.9 Å². The number of benzene rings is 1. The maximum absolute atomic E-state index is 12.2. The normalized spacial score (nSPS) is 11.1. The molecule has 6 nitrogen and oxygen atoms in total. The minimum atomic E-state index is -3.78. The summed E-state index contributed by atoms with van der Waals surface area (Å²) in [6.07, 6.45) is 2.93. The van der Waals surface area contributed by atoms with Crippen molar-refractivity contribution < 1.29 is 13.2 Å². The molecule has 2 aromatic rings. The molecule has 0 bridgehead atoms. The van der Waals surface area contributed by atoms with Crippen LogP contribution in [0.4, 0.5) is 5.69 Å². The molecule has 0 fully saturated rings. The molecule has 0 aliphatic carbocycles. The van der Waals surface area contributed by atoms with E-state index < -0.39 is 15.9 Å². The predicted molar refractivity (Wildman–Crippen MR) is 74.7 cm³/mol. The van der Waals surface area contributed by atoms with E-state index in [0.29, 0.717) is 11.3 Å². The van der Waals surface area contributed by atoms with Crippen molar-refractivity contribution in [1.29, 1.82) is 0 Å². The van der Waals surface area contributed by atoms with Crippen molar-refractivity contribution in [3.8, 4) is 0 Å². The SMILES string of the molecule is Cc1ccc(S(=O)(=O)Nc2cccnc2)cc1C(N)=O. The zero-order valence-corrected chi connectivity index (χ0v) is 11.5. The van der Waals surface area contributed by atoms with Crippen molar-refractivity contribution >= 4 is 21.6 Å². The molecule has 104 valence electrons. The number of nitrogens with zero attached hydrogens (tertiary/aromatic N) is 1. The first-order chi connectivity index (χ1) is 9.40. The smallest absolute Gasteiger partial charge is 0.261 e. The first-order valence-electron chi connectivity index (χ1n) is 5.73. The Bertz CT molecular complexity index is 743. The van der Waals surface area contributed by atoms with Crippen LogP contribution in [0, 0.1) is 6.92 Å². The Morgan fingerprint density at radius 1 is 1.30 bits per heavy atom. The van der Waals surface area contributed by atoms with Crippen molar-refractivity contribution in [2.24, 2.45) is 5.73 Å². The third kappa shape index (κ3) is 2.94. The lowest BCUT2D eigenvalue weighted by Crippen LogP contribution is -2.17. The molecule has 1 amide bonds. The molecule has 0 atom stereocenters. The van der Waals surface area contributed by atoms with Gasteiger partial charge in [0.25, 0.3) is 10.0 Å². The summed E-state index contributed by atoms with van der Waals surface area (Å²) < 4.78 is 26.8. The molecule has 0 aliphatic heterocycles. The van der Waals surface area contributed by atoms with Gasteiger partial charge in [0.1, 0.15) is 0 Å². The second-order valence-electron chi connectivity index (χ2n) is 4.19. The van der Waals surface area contributed by atoms with Crippen LogP contribution >= 0.6 is 0 Å². The molecule has 1 heterocycles. The summed E-state index contributed by atoms with van der Waals surface area (Å²) in [7, 11) is -3.78. The lowest BCUT2D eigenvalue weighted by Gasteiger charge is -2.09. The number of amides is 1. The second kappa shape index (κ2) is 5.30. The van der Waals surface area contributed by atoms with Crippen LogP contribution in [0.25, 0.3) is 0 Å². The fraction of sp³-hybridized carbons (Fsp3) is 0.0769. The average Bonchev–Trinajstić information content (AvgIpc) is 2.39. The molecule has 0 radical (unpaired) electrons. The largest absolute Gasteiger partial charge is 0.366 e. The Balaban J connectivity index is 2.40. The van der Waals surface area contributed by atoms with E-state index in [0.717, 1.165) is 0 Å². The average molecular weight is 291 g/mol.